The summed E-state index contributed by atoms with van der Waals surface area (Å²) >= 11 is 15.1. The molecule has 4 nitrogen and oxygen atoms in total. The third-order valence-corrected chi connectivity index (χ3v) is 8.04. The Kier molecular flexibility index (Phi) is 12.3. The molecule has 0 fully saturated rings. The van der Waals surface area contributed by atoms with E-state index in [0.29, 0.717) is 26.9 Å². The maximum atomic E-state index is 8.94. The molecule has 0 aliphatic heterocycles. The molecule has 226 valence electrons. The van der Waals surface area contributed by atoms with Crippen molar-refractivity contribution in [2.24, 2.45) is 0 Å². The Morgan fingerprint density at radius 1 is 0.533 bits per heavy atom. The number of nitrogen functional groups attached to an aromatic ring is 2. The first-order valence-electron chi connectivity index (χ1n) is 14.1. The molecule has 0 unspecified atom stereocenters. The molecule has 0 amide bonds. The molecule has 0 bridgehead atoms. The number of benzene rings is 6. The Morgan fingerprint density at radius 2 is 0.956 bits per heavy atom. The molecular weight excluding hydrogens is 666 g/mol. The highest BCUT2D eigenvalue weighted by atomic mass is 79.9. The Hall–Kier alpha value is -4.04. The van der Waals surface area contributed by atoms with Crippen molar-refractivity contribution in [3.05, 3.63) is 160 Å². The third kappa shape index (κ3) is 9.72. The molecule has 0 radical (unpaired) electrons. The summed E-state index contributed by atoms with van der Waals surface area (Å²) < 4.78 is 0.962. The van der Waals surface area contributed by atoms with Crippen molar-refractivity contribution in [2.45, 2.75) is 6.92 Å². The molecule has 0 aromatic heterocycles. The minimum atomic E-state index is -1.39. The predicted octanol–water partition coefficient (Wildman–Crippen LogP) is 9.28. The van der Waals surface area contributed by atoms with Crippen molar-refractivity contribution >= 4 is 63.1 Å². The lowest BCUT2D eigenvalue weighted by Crippen LogP contribution is -2.29. The molecule has 0 saturated heterocycles. The molecule has 8 heteroatoms. The van der Waals surface area contributed by atoms with Gasteiger partial charge in [0.25, 0.3) is 0 Å². The van der Waals surface area contributed by atoms with Gasteiger partial charge in [-0.05, 0) is 75.6 Å². The molecule has 0 atom stereocenters. The average Bonchev–Trinajstić information content (AvgIpc) is 3.06. The summed E-state index contributed by atoms with van der Waals surface area (Å²) in [5, 5.41) is 19.1. The highest BCUT2D eigenvalue weighted by Crippen LogP contribution is 2.29. The Balaban J connectivity index is 0.000000163. The second kappa shape index (κ2) is 16.3. The molecule has 6 N–H and O–H groups in total. The largest absolute Gasteiger partial charge is 0.488 e. The SMILES string of the molecule is Cc1cc(Br)cc(Cl)c1N.Nc1ccc(-c2ccc(-c3ccccc3)cc2)cc1Cl.OB(O)c1ccc(-c2ccccc2)cc1. The van der Waals surface area contributed by atoms with Crippen molar-refractivity contribution in [1.82, 2.24) is 0 Å². The highest BCUT2D eigenvalue weighted by molar-refractivity contribution is 9.10. The van der Waals surface area contributed by atoms with Crippen LogP contribution in [0.2, 0.25) is 10.0 Å². The zero-order valence-electron chi connectivity index (χ0n) is 24.5. The maximum absolute atomic E-state index is 8.94. The van der Waals surface area contributed by atoms with Gasteiger partial charge in [0.15, 0.2) is 0 Å². The number of anilines is 2. The van der Waals surface area contributed by atoms with Gasteiger partial charge < -0.3 is 21.5 Å². The number of aryl methyl sites for hydroxylation is 1. The number of hydrogen-bond donors (Lipinski definition) is 4. The molecule has 0 aliphatic carbocycles. The van der Waals surface area contributed by atoms with Crippen LogP contribution in [0.4, 0.5) is 11.4 Å². The van der Waals surface area contributed by atoms with Crippen LogP contribution in [0.25, 0.3) is 33.4 Å². The molecule has 6 aromatic carbocycles. The quantitative estimate of drug-likeness (QED) is 0.109. The van der Waals surface area contributed by atoms with Gasteiger partial charge in [-0.15, -0.1) is 0 Å². The minimum Gasteiger partial charge on any atom is -0.423 e. The Labute approximate surface area is 283 Å². The van der Waals surface area contributed by atoms with Gasteiger partial charge in [-0.3, -0.25) is 0 Å². The van der Waals surface area contributed by atoms with Crippen molar-refractivity contribution in [3.8, 4) is 33.4 Å². The molecule has 45 heavy (non-hydrogen) atoms. The van der Waals surface area contributed by atoms with Crippen LogP contribution in [0.1, 0.15) is 5.56 Å². The van der Waals surface area contributed by atoms with E-state index >= 15 is 0 Å². The lowest BCUT2D eigenvalue weighted by atomic mass is 9.80. The van der Waals surface area contributed by atoms with E-state index in [1.165, 1.54) is 11.1 Å². The van der Waals surface area contributed by atoms with Crippen molar-refractivity contribution in [3.63, 3.8) is 0 Å². The lowest BCUT2D eigenvalue weighted by Gasteiger charge is -2.06. The molecular formula is C37H32BBrCl2N2O2. The Morgan fingerprint density at radius 3 is 1.40 bits per heavy atom. The van der Waals surface area contributed by atoms with Crippen LogP contribution in [0.15, 0.2) is 144 Å². The fourth-order valence-corrected chi connectivity index (χ4v) is 5.54. The van der Waals surface area contributed by atoms with Gasteiger partial charge in [0.05, 0.1) is 21.4 Å². The number of nitrogens with two attached hydrogens (primary N) is 2. The van der Waals surface area contributed by atoms with Crippen LogP contribution in [-0.2, 0) is 0 Å². The van der Waals surface area contributed by atoms with Gasteiger partial charge in [0.1, 0.15) is 0 Å². The van der Waals surface area contributed by atoms with Crippen molar-refractivity contribution < 1.29 is 10.0 Å². The lowest BCUT2D eigenvalue weighted by molar-refractivity contribution is 0.426. The van der Waals surface area contributed by atoms with Crippen LogP contribution in [0, 0.1) is 6.92 Å². The maximum Gasteiger partial charge on any atom is 0.488 e. The molecule has 6 aromatic rings. The summed E-state index contributed by atoms with van der Waals surface area (Å²) in [6.07, 6.45) is 0. The minimum absolute atomic E-state index is 0.509. The van der Waals surface area contributed by atoms with E-state index < -0.39 is 7.12 Å². The summed E-state index contributed by atoms with van der Waals surface area (Å²) in [5.74, 6) is 0. The van der Waals surface area contributed by atoms with Gasteiger partial charge in [-0.1, -0.05) is 154 Å². The number of hydrogen-bond acceptors (Lipinski definition) is 4. The monoisotopic (exact) mass is 696 g/mol. The molecule has 0 aliphatic rings. The van der Waals surface area contributed by atoms with Gasteiger partial charge in [0, 0.05) is 4.47 Å². The average molecular weight is 698 g/mol. The van der Waals surface area contributed by atoms with Gasteiger partial charge in [-0.25, -0.2) is 0 Å². The summed E-state index contributed by atoms with van der Waals surface area (Å²) in [6, 6.07) is 45.3. The van der Waals surface area contributed by atoms with E-state index in [9.17, 15) is 0 Å². The smallest absolute Gasteiger partial charge is 0.423 e. The van der Waals surface area contributed by atoms with Crippen molar-refractivity contribution in [2.75, 3.05) is 11.5 Å². The van der Waals surface area contributed by atoms with E-state index in [1.54, 1.807) is 18.2 Å². The van der Waals surface area contributed by atoms with Crippen LogP contribution < -0.4 is 16.9 Å². The van der Waals surface area contributed by atoms with E-state index in [2.05, 4.69) is 52.3 Å². The van der Waals surface area contributed by atoms with Gasteiger partial charge in [0.2, 0.25) is 0 Å². The van der Waals surface area contributed by atoms with Gasteiger partial charge >= 0.3 is 7.12 Å². The highest BCUT2D eigenvalue weighted by Gasteiger charge is 2.09. The zero-order chi connectivity index (χ0) is 32.3. The van der Waals surface area contributed by atoms with E-state index in [-0.39, 0.29) is 0 Å². The van der Waals surface area contributed by atoms with E-state index in [4.69, 9.17) is 44.7 Å². The summed E-state index contributed by atoms with van der Waals surface area (Å²) in [5.41, 5.74) is 20.9. The second-order valence-corrected chi connectivity index (χ2v) is 11.9. The van der Waals surface area contributed by atoms with Crippen LogP contribution >= 0.6 is 39.1 Å². The fourth-order valence-electron chi connectivity index (χ4n) is 4.38. The molecule has 6 rings (SSSR count). The topological polar surface area (TPSA) is 92.5 Å². The third-order valence-electron chi connectivity index (χ3n) is 6.94. The summed E-state index contributed by atoms with van der Waals surface area (Å²) in [4.78, 5) is 0. The van der Waals surface area contributed by atoms with Crippen LogP contribution in [-0.4, -0.2) is 17.2 Å². The normalized spacial score (nSPS) is 10.2. The van der Waals surface area contributed by atoms with Crippen molar-refractivity contribution in [1.29, 1.82) is 0 Å². The zero-order valence-corrected chi connectivity index (χ0v) is 27.6. The summed E-state index contributed by atoms with van der Waals surface area (Å²) in [6.45, 7) is 1.92. The molecule has 0 heterocycles. The molecule has 0 spiro atoms. The predicted molar refractivity (Wildman–Crippen MR) is 197 cm³/mol. The standard InChI is InChI=1S/C18H14ClN.C12H11BO2.C7H7BrClN/c19-17-12-16(10-11-18(17)20)15-8-6-14(7-9-15)13-4-2-1-3-5-13;14-13(15)12-8-6-11(7-9-12)10-4-2-1-3-5-10;1-4-2-5(8)3-6(9)7(4)10/h1-12H,20H2;1-9,14-15H;2-3H,10H2,1H3. The number of rotatable bonds is 4. The van der Waals surface area contributed by atoms with Crippen LogP contribution in [0.5, 0.6) is 0 Å². The first-order valence-corrected chi connectivity index (χ1v) is 15.6. The van der Waals surface area contributed by atoms with Gasteiger partial charge in [-0.2, -0.15) is 0 Å². The fraction of sp³-hybridized carbons (Fsp3) is 0.0270. The second-order valence-electron chi connectivity index (χ2n) is 10.2. The van der Waals surface area contributed by atoms with E-state index in [0.717, 1.165) is 32.3 Å². The molecule has 0 saturated carbocycles. The summed E-state index contributed by atoms with van der Waals surface area (Å²) in [7, 11) is -1.39. The number of halogens is 3. The van der Waals surface area contributed by atoms with Crippen LogP contribution in [0.3, 0.4) is 0 Å². The van der Waals surface area contributed by atoms with E-state index in [1.807, 2.05) is 91.9 Å². The Bertz CT molecular complexity index is 1800. The first-order chi connectivity index (χ1) is 21.6. The first kappa shape index (κ1) is 33.8.